The van der Waals surface area contributed by atoms with Crippen LogP contribution in [-0.2, 0) is 0 Å². The average molecular weight is 463 g/mol. The van der Waals surface area contributed by atoms with E-state index < -0.39 is 5.60 Å². The van der Waals surface area contributed by atoms with Gasteiger partial charge in [-0.1, -0.05) is 54.6 Å². The number of nitrogen functional groups attached to an aromatic ring is 1. The first-order chi connectivity index (χ1) is 16.9. The van der Waals surface area contributed by atoms with Crippen molar-refractivity contribution < 1.29 is 5.11 Å². The molecule has 1 fully saturated rings. The number of H-pyrrole nitrogens is 1. The van der Waals surface area contributed by atoms with Crippen molar-refractivity contribution in [1.29, 1.82) is 5.41 Å². The van der Waals surface area contributed by atoms with Gasteiger partial charge in [-0.25, -0.2) is 9.97 Å². The summed E-state index contributed by atoms with van der Waals surface area (Å²) in [4.78, 5) is 13.1. The highest BCUT2D eigenvalue weighted by atomic mass is 16.3. The highest BCUT2D eigenvalue weighted by Crippen LogP contribution is 2.44. The number of amidine groups is 1. The molecule has 5 aromatic rings. The van der Waals surface area contributed by atoms with Crippen molar-refractivity contribution in [2.45, 2.75) is 31.3 Å². The van der Waals surface area contributed by atoms with Crippen LogP contribution in [0.2, 0.25) is 0 Å². The van der Waals surface area contributed by atoms with Gasteiger partial charge >= 0.3 is 0 Å². The van der Waals surface area contributed by atoms with E-state index in [1.807, 2.05) is 61.5 Å². The molecule has 0 spiro atoms. The summed E-state index contributed by atoms with van der Waals surface area (Å²) in [6.07, 6.45) is 1.27. The van der Waals surface area contributed by atoms with Crippen LogP contribution < -0.4 is 5.73 Å². The second-order valence-corrected chi connectivity index (χ2v) is 9.54. The van der Waals surface area contributed by atoms with Crippen LogP contribution in [0.5, 0.6) is 0 Å². The summed E-state index contributed by atoms with van der Waals surface area (Å²) < 4.78 is 2.16. The predicted octanol–water partition coefficient (Wildman–Crippen LogP) is 5.00. The summed E-state index contributed by atoms with van der Waals surface area (Å²) in [5.41, 5.74) is 11.1. The molecule has 0 amide bonds. The zero-order valence-corrected chi connectivity index (χ0v) is 19.4. The number of rotatable bonds is 5. The average Bonchev–Trinajstić information content (AvgIpc) is 3.45. The molecule has 5 N–H and O–H groups in total. The van der Waals surface area contributed by atoms with Crippen LogP contribution in [-0.4, -0.2) is 36.1 Å². The monoisotopic (exact) mass is 462 g/mol. The molecule has 6 rings (SSSR count). The Kier molecular flexibility index (Phi) is 4.82. The first kappa shape index (κ1) is 21.3. The molecule has 0 atom stereocenters. The number of benzene rings is 3. The van der Waals surface area contributed by atoms with E-state index in [4.69, 9.17) is 21.1 Å². The van der Waals surface area contributed by atoms with E-state index in [0.717, 1.165) is 39.5 Å². The number of nitrogens with one attached hydrogen (secondary N) is 2. The van der Waals surface area contributed by atoms with Crippen molar-refractivity contribution in [2.24, 2.45) is 5.73 Å². The van der Waals surface area contributed by atoms with Gasteiger partial charge in [0.15, 0.2) is 0 Å². The standard InChI is InChI=1S/C28H26N6O/c1-28(35)15-19(16-28)26-32-23(24(33-26)25(29)30)18-12-13-22-21(14-18)31-27(17-8-4-2-5-9-17)34(22)20-10-6-3-7-11-20/h2-14,19,35H,15-16H2,1H3,(H3,29,30)(H,32,33). The summed E-state index contributed by atoms with van der Waals surface area (Å²) in [5.74, 6) is 1.68. The Labute approximate surface area is 202 Å². The van der Waals surface area contributed by atoms with Gasteiger partial charge in [-0.05, 0) is 44.0 Å². The maximum atomic E-state index is 10.2. The molecule has 0 radical (unpaired) electrons. The summed E-state index contributed by atoms with van der Waals surface area (Å²) in [7, 11) is 0. The van der Waals surface area contributed by atoms with Crippen LogP contribution >= 0.6 is 0 Å². The van der Waals surface area contributed by atoms with Gasteiger partial charge in [0.25, 0.3) is 0 Å². The molecule has 7 nitrogen and oxygen atoms in total. The lowest BCUT2D eigenvalue weighted by molar-refractivity contribution is -0.0332. The van der Waals surface area contributed by atoms with E-state index >= 15 is 0 Å². The minimum Gasteiger partial charge on any atom is -0.390 e. The van der Waals surface area contributed by atoms with Crippen molar-refractivity contribution in [2.75, 3.05) is 0 Å². The largest absolute Gasteiger partial charge is 0.390 e. The van der Waals surface area contributed by atoms with Gasteiger partial charge in [0.2, 0.25) is 0 Å². The van der Waals surface area contributed by atoms with Crippen molar-refractivity contribution in [1.82, 2.24) is 19.5 Å². The summed E-state index contributed by atoms with van der Waals surface area (Å²) in [5, 5.41) is 18.3. The van der Waals surface area contributed by atoms with Crippen LogP contribution in [0.15, 0.2) is 78.9 Å². The number of hydrogen-bond donors (Lipinski definition) is 4. The zero-order chi connectivity index (χ0) is 24.2. The van der Waals surface area contributed by atoms with Crippen molar-refractivity contribution in [3.05, 3.63) is 90.4 Å². The topological polar surface area (TPSA) is 117 Å². The lowest BCUT2D eigenvalue weighted by Crippen LogP contribution is -2.39. The molecule has 1 saturated carbocycles. The van der Waals surface area contributed by atoms with E-state index in [9.17, 15) is 5.11 Å². The second-order valence-electron chi connectivity index (χ2n) is 9.54. The number of hydrogen-bond acceptors (Lipinski definition) is 4. The molecule has 0 bridgehead atoms. The van der Waals surface area contributed by atoms with Crippen LogP contribution in [0.1, 0.15) is 37.2 Å². The van der Waals surface area contributed by atoms with Crippen molar-refractivity contribution in [3.8, 4) is 28.3 Å². The van der Waals surface area contributed by atoms with Gasteiger partial charge in [-0.2, -0.15) is 0 Å². The number of aromatic amines is 1. The molecule has 7 heteroatoms. The van der Waals surface area contributed by atoms with E-state index in [1.54, 1.807) is 0 Å². The summed E-state index contributed by atoms with van der Waals surface area (Å²) >= 11 is 0. The van der Waals surface area contributed by atoms with Crippen LogP contribution in [0.3, 0.4) is 0 Å². The van der Waals surface area contributed by atoms with Crippen LogP contribution in [0, 0.1) is 5.41 Å². The molecule has 1 aliphatic carbocycles. The van der Waals surface area contributed by atoms with E-state index in [-0.39, 0.29) is 11.8 Å². The highest BCUT2D eigenvalue weighted by Gasteiger charge is 2.41. The Morgan fingerprint density at radius 3 is 2.34 bits per heavy atom. The van der Waals surface area contributed by atoms with Gasteiger partial charge in [0, 0.05) is 22.7 Å². The maximum absolute atomic E-state index is 10.2. The number of aliphatic hydroxyl groups is 1. The molecule has 2 heterocycles. The van der Waals surface area contributed by atoms with E-state index in [1.165, 1.54) is 0 Å². The molecular formula is C28H26N6O. The molecular weight excluding hydrogens is 436 g/mol. The first-order valence-electron chi connectivity index (χ1n) is 11.7. The summed E-state index contributed by atoms with van der Waals surface area (Å²) in [6.45, 7) is 1.83. The van der Waals surface area contributed by atoms with Crippen LogP contribution in [0.25, 0.3) is 39.4 Å². The van der Waals surface area contributed by atoms with Gasteiger partial charge in [0.05, 0.1) is 22.3 Å². The molecule has 1 aliphatic rings. The lowest BCUT2D eigenvalue weighted by atomic mass is 9.72. The predicted molar refractivity (Wildman–Crippen MR) is 138 cm³/mol. The molecule has 3 aromatic carbocycles. The second kappa shape index (κ2) is 7.92. The molecule has 2 aromatic heterocycles. The Bertz CT molecular complexity index is 1540. The van der Waals surface area contributed by atoms with Crippen molar-refractivity contribution in [3.63, 3.8) is 0 Å². The highest BCUT2D eigenvalue weighted by molar-refractivity contribution is 6.00. The number of imidazole rings is 2. The summed E-state index contributed by atoms with van der Waals surface area (Å²) in [6, 6.07) is 26.4. The molecule has 174 valence electrons. The van der Waals surface area contributed by atoms with Gasteiger partial charge in [-0.15, -0.1) is 0 Å². The molecule has 0 saturated heterocycles. The third kappa shape index (κ3) is 3.70. The van der Waals surface area contributed by atoms with Crippen LogP contribution in [0.4, 0.5) is 0 Å². The molecule has 0 unspecified atom stereocenters. The van der Waals surface area contributed by atoms with Gasteiger partial charge in [0.1, 0.15) is 23.2 Å². The normalized spacial score (nSPS) is 19.5. The zero-order valence-electron chi connectivity index (χ0n) is 19.4. The Morgan fingerprint density at radius 2 is 1.69 bits per heavy atom. The quantitative estimate of drug-likeness (QED) is 0.217. The van der Waals surface area contributed by atoms with Gasteiger partial charge in [-0.3, -0.25) is 9.98 Å². The third-order valence-electron chi connectivity index (χ3n) is 6.72. The SMILES string of the molecule is CC1(O)CC(c2nc(-c3ccc4c(c3)nc(-c3ccccc3)n4-c3ccccc3)c(C(=N)N)[nH]2)C1. The molecule has 0 aliphatic heterocycles. The fourth-order valence-electron chi connectivity index (χ4n) is 5.03. The van der Waals surface area contributed by atoms with Crippen molar-refractivity contribution >= 4 is 16.9 Å². The van der Waals surface area contributed by atoms with Gasteiger partial charge < -0.3 is 15.8 Å². The minimum atomic E-state index is -0.662. The lowest BCUT2D eigenvalue weighted by Gasteiger charge is -2.39. The third-order valence-corrected chi connectivity index (χ3v) is 6.72. The number of nitrogens with zero attached hydrogens (tertiary/aromatic N) is 3. The van der Waals surface area contributed by atoms with E-state index in [2.05, 4.69) is 33.8 Å². The number of nitrogens with two attached hydrogens (primary N) is 1. The minimum absolute atomic E-state index is 0.0651. The number of aromatic nitrogens is 4. The Balaban J connectivity index is 1.50. The first-order valence-corrected chi connectivity index (χ1v) is 11.7. The number of fused-ring (bicyclic) bond motifs is 1. The fourth-order valence-corrected chi connectivity index (χ4v) is 5.03. The number of para-hydroxylation sites is 1. The smallest absolute Gasteiger partial charge is 0.145 e. The fraction of sp³-hybridized carbons (Fsp3) is 0.179. The Morgan fingerprint density at radius 1 is 1.00 bits per heavy atom. The Hall–Kier alpha value is -4.23. The van der Waals surface area contributed by atoms with E-state index in [0.29, 0.717) is 24.2 Å². The maximum Gasteiger partial charge on any atom is 0.145 e. The molecule has 35 heavy (non-hydrogen) atoms.